The topological polar surface area (TPSA) is 67.8 Å². The van der Waals surface area contributed by atoms with Crippen LogP contribution in [0.15, 0.2) is 27.2 Å². The van der Waals surface area contributed by atoms with Crippen molar-refractivity contribution in [3.63, 3.8) is 0 Å². The Morgan fingerprint density at radius 2 is 2.29 bits per heavy atom. The summed E-state index contributed by atoms with van der Waals surface area (Å²) >= 11 is 5.93. The van der Waals surface area contributed by atoms with Gasteiger partial charge in [-0.1, -0.05) is 29.2 Å². The van der Waals surface area contributed by atoms with Crippen molar-refractivity contribution in [3.8, 4) is 10.6 Å². The molecule has 0 saturated heterocycles. The second-order valence-electron chi connectivity index (χ2n) is 3.94. The zero-order valence-corrected chi connectivity index (χ0v) is 14.2. The maximum Gasteiger partial charge on any atom is 0.236 e. The van der Waals surface area contributed by atoms with E-state index >= 15 is 0 Å². The van der Waals surface area contributed by atoms with E-state index in [1.54, 1.807) is 11.3 Å². The largest absolute Gasteiger partial charge is 0.301 e. The number of nitrogens with zero attached hydrogens (tertiary/aromatic N) is 3. The molecule has 0 radical (unpaired) electrons. The highest BCUT2D eigenvalue weighted by atomic mass is 32.2. The van der Waals surface area contributed by atoms with Gasteiger partial charge in [0.15, 0.2) is 9.47 Å². The molecule has 0 saturated carbocycles. The van der Waals surface area contributed by atoms with Crippen LogP contribution in [-0.2, 0) is 4.79 Å². The standard InChI is InChI=1S/C12H10N4OS4/c1-7-15-16-12(21-7)20-6-10(17)14-11-13-8(5-19-11)9-3-2-4-18-9/h2-5H,6H2,1H3,(H,13,14,17). The van der Waals surface area contributed by atoms with E-state index in [4.69, 9.17) is 0 Å². The highest BCUT2D eigenvalue weighted by Gasteiger charge is 2.10. The number of thioether (sulfide) groups is 1. The lowest BCUT2D eigenvalue weighted by Gasteiger charge is -1.99. The molecule has 0 aromatic carbocycles. The number of carbonyl (C=O) groups is 1. The third-order valence-corrected chi connectivity index (χ3v) is 5.98. The fourth-order valence-electron chi connectivity index (χ4n) is 1.49. The molecule has 108 valence electrons. The summed E-state index contributed by atoms with van der Waals surface area (Å²) < 4.78 is 0.807. The SMILES string of the molecule is Cc1nnc(SCC(=O)Nc2nc(-c3cccs3)cs2)s1. The minimum atomic E-state index is -0.0834. The summed E-state index contributed by atoms with van der Waals surface area (Å²) in [7, 11) is 0. The third-order valence-electron chi connectivity index (χ3n) is 2.36. The molecule has 3 heterocycles. The molecule has 21 heavy (non-hydrogen) atoms. The average Bonchev–Trinajstić information content (AvgIpc) is 3.16. The number of amides is 1. The van der Waals surface area contributed by atoms with Gasteiger partial charge in [0.2, 0.25) is 5.91 Å². The van der Waals surface area contributed by atoms with Crippen LogP contribution in [-0.4, -0.2) is 26.8 Å². The van der Waals surface area contributed by atoms with Crippen molar-refractivity contribution in [2.75, 3.05) is 11.1 Å². The van der Waals surface area contributed by atoms with Crippen molar-refractivity contribution < 1.29 is 4.79 Å². The predicted octanol–water partition coefficient (Wildman–Crippen LogP) is 3.76. The lowest BCUT2D eigenvalue weighted by atomic mass is 10.4. The van der Waals surface area contributed by atoms with E-state index in [1.165, 1.54) is 34.4 Å². The molecule has 1 amide bonds. The van der Waals surface area contributed by atoms with Gasteiger partial charge in [0.1, 0.15) is 5.01 Å². The molecule has 0 atom stereocenters. The van der Waals surface area contributed by atoms with Crippen LogP contribution in [0.2, 0.25) is 0 Å². The Kier molecular flexibility index (Phi) is 4.63. The maximum atomic E-state index is 11.9. The number of thiazole rings is 1. The molecular weight excluding hydrogens is 344 g/mol. The smallest absolute Gasteiger partial charge is 0.236 e. The summed E-state index contributed by atoms with van der Waals surface area (Å²) in [5.74, 6) is 0.225. The quantitative estimate of drug-likeness (QED) is 0.707. The van der Waals surface area contributed by atoms with Gasteiger partial charge < -0.3 is 5.32 Å². The van der Waals surface area contributed by atoms with Gasteiger partial charge in [-0.15, -0.1) is 32.9 Å². The van der Waals surface area contributed by atoms with Gasteiger partial charge in [-0.2, -0.15) is 0 Å². The predicted molar refractivity (Wildman–Crippen MR) is 89.4 cm³/mol. The molecule has 1 N–H and O–H groups in total. The Morgan fingerprint density at radius 1 is 1.38 bits per heavy atom. The molecular formula is C12H10N4OS4. The molecule has 0 spiro atoms. The number of aromatic nitrogens is 3. The number of hydrogen-bond acceptors (Lipinski definition) is 8. The first kappa shape index (κ1) is 14.6. The highest BCUT2D eigenvalue weighted by molar-refractivity contribution is 8.01. The van der Waals surface area contributed by atoms with E-state index in [2.05, 4.69) is 20.5 Å². The molecule has 0 aliphatic carbocycles. The Labute approximate surface area is 137 Å². The van der Waals surface area contributed by atoms with Crippen LogP contribution < -0.4 is 5.32 Å². The van der Waals surface area contributed by atoms with Gasteiger partial charge in [0.25, 0.3) is 0 Å². The summed E-state index contributed by atoms with van der Waals surface area (Å²) in [6, 6.07) is 4.00. The van der Waals surface area contributed by atoms with Gasteiger partial charge >= 0.3 is 0 Å². The van der Waals surface area contributed by atoms with Gasteiger partial charge in [-0.25, -0.2) is 4.98 Å². The van der Waals surface area contributed by atoms with Crippen molar-refractivity contribution in [1.82, 2.24) is 15.2 Å². The molecule has 3 rings (SSSR count). The van der Waals surface area contributed by atoms with E-state index in [-0.39, 0.29) is 5.91 Å². The van der Waals surface area contributed by atoms with Crippen molar-refractivity contribution in [1.29, 1.82) is 0 Å². The van der Waals surface area contributed by atoms with E-state index in [0.29, 0.717) is 10.9 Å². The minimum Gasteiger partial charge on any atom is -0.301 e. The number of nitrogens with one attached hydrogen (secondary N) is 1. The van der Waals surface area contributed by atoms with E-state index in [0.717, 1.165) is 19.9 Å². The summed E-state index contributed by atoms with van der Waals surface area (Å²) in [6.45, 7) is 1.89. The zero-order valence-electron chi connectivity index (χ0n) is 10.9. The van der Waals surface area contributed by atoms with Crippen molar-refractivity contribution in [2.45, 2.75) is 11.3 Å². The van der Waals surface area contributed by atoms with Crippen molar-refractivity contribution in [2.24, 2.45) is 0 Å². The van der Waals surface area contributed by atoms with Crippen LogP contribution in [0, 0.1) is 6.92 Å². The number of thiophene rings is 1. The van der Waals surface area contributed by atoms with Crippen LogP contribution >= 0.6 is 45.8 Å². The van der Waals surface area contributed by atoms with Gasteiger partial charge in [-0.05, 0) is 18.4 Å². The van der Waals surface area contributed by atoms with E-state index in [9.17, 15) is 4.79 Å². The second kappa shape index (κ2) is 6.65. The summed E-state index contributed by atoms with van der Waals surface area (Å²) in [4.78, 5) is 17.4. The van der Waals surface area contributed by atoms with Crippen LogP contribution in [0.4, 0.5) is 5.13 Å². The van der Waals surface area contributed by atoms with Gasteiger partial charge in [0.05, 0.1) is 16.3 Å². The lowest BCUT2D eigenvalue weighted by Crippen LogP contribution is -2.13. The highest BCUT2D eigenvalue weighted by Crippen LogP contribution is 2.28. The molecule has 0 fully saturated rings. The summed E-state index contributed by atoms with van der Waals surface area (Å²) in [6.07, 6.45) is 0. The fraction of sp³-hybridized carbons (Fsp3) is 0.167. The Morgan fingerprint density at radius 3 is 3.00 bits per heavy atom. The monoisotopic (exact) mass is 354 g/mol. The molecule has 3 aromatic heterocycles. The van der Waals surface area contributed by atoms with Crippen molar-refractivity contribution in [3.05, 3.63) is 27.9 Å². The molecule has 5 nitrogen and oxygen atoms in total. The average molecular weight is 355 g/mol. The number of rotatable bonds is 5. The van der Waals surface area contributed by atoms with E-state index in [1.807, 2.05) is 29.8 Å². The molecule has 3 aromatic rings. The first-order valence-corrected chi connectivity index (χ1v) is 9.49. The fourth-order valence-corrected chi connectivity index (χ4v) is 4.59. The van der Waals surface area contributed by atoms with Gasteiger partial charge in [-0.3, -0.25) is 4.79 Å². The second-order valence-corrected chi connectivity index (χ2v) is 8.15. The Balaban J connectivity index is 1.55. The Bertz CT molecular complexity index is 734. The normalized spacial score (nSPS) is 10.7. The number of anilines is 1. The lowest BCUT2D eigenvalue weighted by molar-refractivity contribution is -0.113. The third kappa shape index (κ3) is 3.88. The first-order chi connectivity index (χ1) is 10.2. The van der Waals surface area contributed by atoms with Gasteiger partial charge in [0, 0.05) is 5.38 Å². The molecule has 0 aliphatic rings. The number of carbonyl (C=O) groups excluding carboxylic acids is 1. The van der Waals surface area contributed by atoms with Crippen LogP contribution in [0.3, 0.4) is 0 Å². The molecule has 0 aliphatic heterocycles. The van der Waals surface area contributed by atoms with E-state index < -0.39 is 0 Å². The summed E-state index contributed by atoms with van der Waals surface area (Å²) in [5, 5.41) is 16.2. The number of aryl methyl sites for hydroxylation is 1. The molecule has 0 unspecified atom stereocenters. The zero-order chi connectivity index (χ0) is 14.7. The molecule has 9 heteroatoms. The van der Waals surface area contributed by atoms with Crippen LogP contribution in [0.25, 0.3) is 10.6 Å². The van der Waals surface area contributed by atoms with Crippen LogP contribution in [0.1, 0.15) is 5.01 Å². The summed E-state index contributed by atoms with van der Waals surface area (Å²) in [5.41, 5.74) is 0.901. The first-order valence-electron chi connectivity index (χ1n) is 5.93. The number of hydrogen-bond donors (Lipinski definition) is 1. The minimum absolute atomic E-state index is 0.0834. The molecule has 0 bridgehead atoms. The Hall–Kier alpha value is -1.29. The maximum absolute atomic E-state index is 11.9. The van der Waals surface area contributed by atoms with Crippen molar-refractivity contribution >= 4 is 56.8 Å². The van der Waals surface area contributed by atoms with Crippen LogP contribution in [0.5, 0.6) is 0 Å².